The fourth-order valence-corrected chi connectivity index (χ4v) is 6.15. The Morgan fingerprint density at radius 1 is 1.15 bits per heavy atom. The van der Waals surface area contributed by atoms with Crippen LogP contribution in [0.25, 0.3) is 16.5 Å². The van der Waals surface area contributed by atoms with Gasteiger partial charge in [-0.1, -0.05) is 55.8 Å². The lowest BCUT2D eigenvalue weighted by atomic mass is 9.76. The van der Waals surface area contributed by atoms with Crippen LogP contribution in [-0.4, -0.2) is 42.0 Å². The monoisotopic (exact) mass is 459 g/mol. The molecule has 0 saturated carbocycles. The molecule has 1 N–H and O–H groups in total. The molecule has 0 spiro atoms. The van der Waals surface area contributed by atoms with E-state index in [-0.39, 0.29) is 11.3 Å². The van der Waals surface area contributed by atoms with E-state index < -0.39 is 0 Å². The van der Waals surface area contributed by atoms with Gasteiger partial charge in [0, 0.05) is 55.2 Å². The fourth-order valence-electron chi connectivity index (χ4n) is 5.92. The van der Waals surface area contributed by atoms with Gasteiger partial charge in [-0.2, -0.15) is 0 Å². The smallest absolute Gasteiger partial charge is 0.227 e. The second-order valence-electron chi connectivity index (χ2n) is 10.4. The maximum Gasteiger partial charge on any atom is 0.227 e. The van der Waals surface area contributed by atoms with E-state index >= 15 is 0 Å². The van der Waals surface area contributed by atoms with Crippen LogP contribution in [0.2, 0.25) is 5.02 Å². The van der Waals surface area contributed by atoms with Crippen molar-refractivity contribution < 1.29 is 4.79 Å². The molecule has 0 saturated heterocycles. The van der Waals surface area contributed by atoms with E-state index in [4.69, 9.17) is 11.6 Å². The molecule has 5 heteroatoms. The molecule has 33 heavy (non-hydrogen) atoms. The van der Waals surface area contributed by atoms with E-state index in [0.717, 1.165) is 56.0 Å². The summed E-state index contributed by atoms with van der Waals surface area (Å²) >= 11 is 6.35. The molecule has 0 unspecified atom stereocenters. The molecule has 0 atom stereocenters. The number of halogens is 1. The van der Waals surface area contributed by atoms with Gasteiger partial charge in [-0.3, -0.25) is 9.69 Å². The van der Waals surface area contributed by atoms with Crippen LogP contribution in [0.4, 0.5) is 5.69 Å². The topological polar surface area (TPSA) is 39.3 Å². The van der Waals surface area contributed by atoms with Crippen molar-refractivity contribution in [1.29, 1.82) is 0 Å². The van der Waals surface area contributed by atoms with E-state index in [9.17, 15) is 4.79 Å². The maximum absolute atomic E-state index is 12.6. The molecule has 0 bridgehead atoms. The average Bonchev–Trinajstić information content (AvgIpc) is 3.42. The highest BCUT2D eigenvalue weighted by atomic mass is 35.5. The van der Waals surface area contributed by atoms with Crippen molar-refractivity contribution in [2.45, 2.75) is 44.9 Å². The standard InChI is InChI=1S/C28H30ClN3O/c1-28(2)16-25(33)32-13-9-20-14-18(15-23(28)27(20)32)6-10-31-11-7-19(8-12-31)22-17-30-26-21(22)4-3-5-24(26)29/h3-5,7,14-15,17,30H,6,8-13,16H2,1-2H3. The van der Waals surface area contributed by atoms with Crippen LogP contribution in [0, 0.1) is 0 Å². The first-order valence-corrected chi connectivity index (χ1v) is 12.4. The molecule has 4 nitrogen and oxygen atoms in total. The third-order valence-corrected chi connectivity index (χ3v) is 8.08. The molecule has 1 amide bonds. The number of hydrogen-bond acceptors (Lipinski definition) is 2. The summed E-state index contributed by atoms with van der Waals surface area (Å²) in [7, 11) is 0. The van der Waals surface area contributed by atoms with E-state index in [2.05, 4.69) is 54.2 Å². The first kappa shape index (κ1) is 21.0. The first-order valence-electron chi connectivity index (χ1n) is 12.0. The lowest BCUT2D eigenvalue weighted by molar-refractivity contribution is -0.120. The molecule has 0 radical (unpaired) electrons. The van der Waals surface area contributed by atoms with Crippen molar-refractivity contribution in [1.82, 2.24) is 9.88 Å². The number of amides is 1. The summed E-state index contributed by atoms with van der Waals surface area (Å²) in [5.74, 6) is 0.285. The van der Waals surface area contributed by atoms with Crippen LogP contribution < -0.4 is 4.90 Å². The van der Waals surface area contributed by atoms with Crippen LogP contribution >= 0.6 is 11.6 Å². The summed E-state index contributed by atoms with van der Waals surface area (Å²) < 4.78 is 0. The second kappa shape index (κ2) is 7.75. The Morgan fingerprint density at radius 2 is 2.03 bits per heavy atom. The number of aromatic amines is 1. The SMILES string of the molecule is CC1(C)CC(=O)N2CCc3cc(CCN4CC=C(c5c[nH]c6c(Cl)cccc56)CC4)cc1c32. The van der Waals surface area contributed by atoms with Gasteiger partial charge in [-0.05, 0) is 47.6 Å². The zero-order valence-corrected chi connectivity index (χ0v) is 20.1. The molecule has 0 aliphatic carbocycles. The Morgan fingerprint density at radius 3 is 2.85 bits per heavy atom. The summed E-state index contributed by atoms with van der Waals surface area (Å²) in [6.45, 7) is 8.40. The highest BCUT2D eigenvalue weighted by molar-refractivity contribution is 6.35. The Hall–Kier alpha value is -2.56. The van der Waals surface area contributed by atoms with E-state index in [1.807, 2.05) is 17.0 Å². The van der Waals surface area contributed by atoms with Gasteiger partial charge in [0.25, 0.3) is 0 Å². The van der Waals surface area contributed by atoms with Gasteiger partial charge in [0.05, 0.1) is 16.2 Å². The van der Waals surface area contributed by atoms with E-state index in [1.54, 1.807) is 0 Å². The quantitative estimate of drug-likeness (QED) is 0.541. The van der Waals surface area contributed by atoms with Gasteiger partial charge in [0.2, 0.25) is 5.91 Å². The summed E-state index contributed by atoms with van der Waals surface area (Å²) in [4.78, 5) is 20.5. The number of benzene rings is 2. The number of carbonyl (C=O) groups excluding carboxylic acids is 1. The highest BCUT2D eigenvalue weighted by Gasteiger charge is 2.40. The number of carbonyl (C=O) groups is 1. The lowest BCUT2D eigenvalue weighted by Crippen LogP contribution is -2.40. The van der Waals surface area contributed by atoms with Crippen LogP contribution in [0.5, 0.6) is 0 Å². The van der Waals surface area contributed by atoms with Gasteiger partial charge in [-0.15, -0.1) is 0 Å². The number of H-pyrrole nitrogens is 1. The highest BCUT2D eigenvalue weighted by Crippen LogP contribution is 2.45. The largest absolute Gasteiger partial charge is 0.359 e. The minimum atomic E-state index is -0.0803. The van der Waals surface area contributed by atoms with Crippen molar-refractivity contribution in [2.24, 2.45) is 0 Å². The zero-order valence-electron chi connectivity index (χ0n) is 19.4. The fraction of sp³-hybridized carbons (Fsp3) is 0.393. The maximum atomic E-state index is 12.6. The molecule has 2 aromatic carbocycles. The summed E-state index contributed by atoms with van der Waals surface area (Å²) in [6, 6.07) is 10.8. The molecule has 6 rings (SSSR count). The Kier molecular flexibility index (Phi) is 4.93. The van der Waals surface area contributed by atoms with Gasteiger partial charge in [0.15, 0.2) is 0 Å². The van der Waals surface area contributed by atoms with Crippen molar-refractivity contribution >= 4 is 39.7 Å². The zero-order chi connectivity index (χ0) is 22.7. The molecular formula is C28H30ClN3O. The van der Waals surface area contributed by atoms with Gasteiger partial charge in [-0.25, -0.2) is 0 Å². The number of nitrogens with one attached hydrogen (secondary N) is 1. The number of fused-ring (bicyclic) bond motifs is 1. The number of para-hydroxylation sites is 1. The number of aromatic nitrogens is 1. The van der Waals surface area contributed by atoms with Crippen molar-refractivity contribution in [3.05, 3.63) is 69.9 Å². The third-order valence-electron chi connectivity index (χ3n) is 7.77. The minimum absolute atomic E-state index is 0.0803. The molecule has 170 valence electrons. The van der Waals surface area contributed by atoms with Gasteiger partial charge < -0.3 is 9.88 Å². The minimum Gasteiger partial charge on any atom is -0.359 e. The third kappa shape index (κ3) is 3.51. The number of nitrogens with zero attached hydrogens (tertiary/aromatic N) is 2. The summed E-state index contributed by atoms with van der Waals surface area (Å²) in [5, 5.41) is 1.99. The van der Waals surface area contributed by atoms with Crippen LogP contribution in [0.1, 0.15) is 48.9 Å². The number of anilines is 1. The predicted molar refractivity (Wildman–Crippen MR) is 136 cm³/mol. The Balaban J connectivity index is 1.17. The molecule has 3 aliphatic rings. The molecule has 3 aliphatic heterocycles. The van der Waals surface area contributed by atoms with Gasteiger partial charge in [0.1, 0.15) is 0 Å². The average molecular weight is 460 g/mol. The Labute approximate surface area is 200 Å². The Bertz CT molecular complexity index is 1300. The lowest BCUT2D eigenvalue weighted by Gasteiger charge is -2.37. The van der Waals surface area contributed by atoms with Crippen molar-refractivity contribution in [2.75, 3.05) is 31.1 Å². The predicted octanol–water partition coefficient (Wildman–Crippen LogP) is 5.72. The number of rotatable bonds is 4. The van der Waals surface area contributed by atoms with Gasteiger partial charge >= 0.3 is 0 Å². The normalized spacial score (nSPS) is 19.8. The van der Waals surface area contributed by atoms with Crippen LogP contribution in [0.15, 0.2) is 42.6 Å². The van der Waals surface area contributed by atoms with E-state index in [0.29, 0.717) is 6.42 Å². The van der Waals surface area contributed by atoms with Crippen molar-refractivity contribution in [3.63, 3.8) is 0 Å². The molecule has 4 heterocycles. The second-order valence-corrected chi connectivity index (χ2v) is 10.8. The molecule has 3 aromatic rings. The van der Waals surface area contributed by atoms with E-state index in [1.165, 1.54) is 38.9 Å². The molecule has 0 fully saturated rings. The number of hydrogen-bond donors (Lipinski definition) is 1. The molecule has 1 aromatic heterocycles. The molecular weight excluding hydrogens is 430 g/mol. The summed E-state index contributed by atoms with van der Waals surface area (Å²) in [6.07, 6.45) is 8.19. The summed E-state index contributed by atoms with van der Waals surface area (Å²) in [5.41, 5.74) is 9.00. The van der Waals surface area contributed by atoms with Crippen LogP contribution in [0.3, 0.4) is 0 Å². The van der Waals surface area contributed by atoms with Crippen molar-refractivity contribution in [3.8, 4) is 0 Å². The van der Waals surface area contributed by atoms with Crippen LogP contribution in [-0.2, 0) is 23.1 Å². The first-order chi connectivity index (χ1) is 15.9.